The Balaban J connectivity index is 0.00000264. The van der Waals surface area contributed by atoms with E-state index in [0.717, 1.165) is 5.96 Å². The molecule has 1 aromatic carbocycles. The van der Waals surface area contributed by atoms with Crippen LogP contribution in [0.3, 0.4) is 0 Å². The number of rotatable bonds is 6. The van der Waals surface area contributed by atoms with Crippen molar-refractivity contribution < 1.29 is 9.53 Å². The highest BCUT2D eigenvalue weighted by atomic mass is 127. The molecule has 1 fully saturated rings. The Hall–Kier alpha value is -1.51. The molecule has 1 amide bonds. The van der Waals surface area contributed by atoms with Crippen LogP contribution in [0.2, 0.25) is 0 Å². The molecule has 0 spiro atoms. The predicted octanol–water partition coefficient (Wildman–Crippen LogP) is 1.62. The second-order valence-corrected chi connectivity index (χ2v) is 5.45. The SMILES string of the molecule is CN=C(NCCNC(=O)c1cccc(OC)c1)NC1CC1C.I. The molecule has 2 rings (SSSR count). The molecule has 2 atom stereocenters. The minimum absolute atomic E-state index is 0. The summed E-state index contributed by atoms with van der Waals surface area (Å²) in [5, 5.41) is 9.39. The average molecular weight is 432 g/mol. The maximum absolute atomic E-state index is 12.0. The minimum Gasteiger partial charge on any atom is -0.497 e. The molecule has 128 valence electrons. The van der Waals surface area contributed by atoms with Gasteiger partial charge in [-0.2, -0.15) is 0 Å². The molecule has 0 heterocycles. The van der Waals surface area contributed by atoms with E-state index in [1.165, 1.54) is 6.42 Å². The zero-order chi connectivity index (χ0) is 15.9. The van der Waals surface area contributed by atoms with Gasteiger partial charge in [-0.25, -0.2) is 0 Å². The standard InChI is InChI=1S/C16H24N4O2.HI/c1-11-9-14(11)20-16(17-2)19-8-7-18-15(21)12-5-4-6-13(10-12)22-3;/h4-6,10-11,14H,7-9H2,1-3H3,(H,18,21)(H2,17,19,20);1H. The van der Waals surface area contributed by atoms with Crippen molar-refractivity contribution in [3.05, 3.63) is 29.8 Å². The normalized spacial score (nSPS) is 19.3. The largest absolute Gasteiger partial charge is 0.497 e. The summed E-state index contributed by atoms with van der Waals surface area (Å²) in [6.45, 7) is 3.35. The van der Waals surface area contributed by atoms with Gasteiger partial charge in [-0.05, 0) is 30.5 Å². The van der Waals surface area contributed by atoms with Gasteiger partial charge in [0.25, 0.3) is 5.91 Å². The number of ether oxygens (including phenoxy) is 1. The molecule has 1 aromatic rings. The van der Waals surface area contributed by atoms with Crippen molar-refractivity contribution in [2.75, 3.05) is 27.2 Å². The molecule has 0 radical (unpaired) electrons. The summed E-state index contributed by atoms with van der Waals surface area (Å²) in [7, 11) is 3.33. The second kappa shape index (κ2) is 9.59. The van der Waals surface area contributed by atoms with Gasteiger partial charge >= 0.3 is 0 Å². The molecular weight excluding hydrogens is 407 g/mol. The van der Waals surface area contributed by atoms with Crippen LogP contribution in [0.15, 0.2) is 29.3 Å². The number of nitrogens with one attached hydrogen (secondary N) is 3. The van der Waals surface area contributed by atoms with Crippen molar-refractivity contribution >= 4 is 35.8 Å². The molecule has 23 heavy (non-hydrogen) atoms. The quantitative estimate of drug-likeness (QED) is 0.277. The van der Waals surface area contributed by atoms with Crippen molar-refractivity contribution in [3.8, 4) is 5.75 Å². The number of carbonyl (C=O) groups excluding carboxylic acids is 1. The molecule has 0 aromatic heterocycles. The lowest BCUT2D eigenvalue weighted by atomic mass is 10.2. The number of methoxy groups -OCH3 is 1. The molecule has 1 saturated carbocycles. The number of aliphatic imine (C=N–C) groups is 1. The van der Waals surface area contributed by atoms with Crippen LogP contribution in [-0.2, 0) is 0 Å². The van der Waals surface area contributed by atoms with Gasteiger partial charge in [-0.15, -0.1) is 24.0 Å². The van der Waals surface area contributed by atoms with Crippen LogP contribution in [0.25, 0.3) is 0 Å². The summed E-state index contributed by atoms with van der Waals surface area (Å²) in [5.41, 5.74) is 0.591. The van der Waals surface area contributed by atoms with E-state index >= 15 is 0 Å². The van der Waals surface area contributed by atoms with Crippen molar-refractivity contribution in [3.63, 3.8) is 0 Å². The Kier molecular flexibility index (Phi) is 8.15. The predicted molar refractivity (Wildman–Crippen MR) is 103 cm³/mol. The van der Waals surface area contributed by atoms with Gasteiger partial charge in [0.2, 0.25) is 0 Å². The Bertz CT molecular complexity index is 551. The summed E-state index contributed by atoms with van der Waals surface area (Å²) in [4.78, 5) is 16.2. The van der Waals surface area contributed by atoms with Crippen molar-refractivity contribution in [2.45, 2.75) is 19.4 Å². The summed E-state index contributed by atoms with van der Waals surface area (Å²) in [6, 6.07) is 7.62. The molecule has 0 aliphatic heterocycles. The van der Waals surface area contributed by atoms with Crippen molar-refractivity contribution in [2.24, 2.45) is 10.9 Å². The van der Waals surface area contributed by atoms with E-state index in [0.29, 0.717) is 36.4 Å². The molecule has 3 N–H and O–H groups in total. The van der Waals surface area contributed by atoms with Crippen LogP contribution in [0.1, 0.15) is 23.7 Å². The van der Waals surface area contributed by atoms with Gasteiger partial charge in [0.15, 0.2) is 5.96 Å². The zero-order valence-electron chi connectivity index (χ0n) is 13.8. The van der Waals surface area contributed by atoms with Gasteiger partial charge in [0, 0.05) is 31.7 Å². The number of nitrogens with zero attached hydrogens (tertiary/aromatic N) is 1. The average Bonchev–Trinajstić information content (AvgIpc) is 3.25. The van der Waals surface area contributed by atoms with E-state index in [4.69, 9.17) is 4.74 Å². The highest BCUT2D eigenvalue weighted by Gasteiger charge is 2.33. The summed E-state index contributed by atoms with van der Waals surface area (Å²) in [6.07, 6.45) is 1.19. The Labute approximate surface area is 154 Å². The number of halogens is 1. The van der Waals surface area contributed by atoms with Crippen LogP contribution in [0.5, 0.6) is 5.75 Å². The molecule has 1 aliphatic carbocycles. The molecule has 7 heteroatoms. The lowest BCUT2D eigenvalue weighted by Gasteiger charge is -2.12. The smallest absolute Gasteiger partial charge is 0.251 e. The number of hydrogen-bond donors (Lipinski definition) is 3. The maximum atomic E-state index is 12.0. The highest BCUT2D eigenvalue weighted by molar-refractivity contribution is 14.0. The van der Waals surface area contributed by atoms with Gasteiger partial charge < -0.3 is 20.7 Å². The van der Waals surface area contributed by atoms with Crippen molar-refractivity contribution in [1.82, 2.24) is 16.0 Å². The summed E-state index contributed by atoms with van der Waals surface area (Å²) < 4.78 is 5.11. The van der Waals surface area contributed by atoms with Crippen LogP contribution in [-0.4, -0.2) is 45.2 Å². The van der Waals surface area contributed by atoms with Crippen molar-refractivity contribution in [1.29, 1.82) is 0 Å². The molecular formula is C16H25IN4O2. The highest BCUT2D eigenvalue weighted by Crippen LogP contribution is 2.28. The van der Waals surface area contributed by atoms with Crippen LogP contribution < -0.4 is 20.7 Å². The first-order chi connectivity index (χ1) is 10.6. The Morgan fingerprint density at radius 1 is 1.35 bits per heavy atom. The van der Waals surface area contributed by atoms with E-state index < -0.39 is 0 Å². The summed E-state index contributed by atoms with van der Waals surface area (Å²) >= 11 is 0. The third-order valence-electron chi connectivity index (χ3n) is 3.69. The number of guanidine groups is 1. The fraction of sp³-hybridized carbons (Fsp3) is 0.500. The van der Waals surface area contributed by atoms with E-state index in [-0.39, 0.29) is 29.9 Å². The molecule has 6 nitrogen and oxygen atoms in total. The number of carbonyl (C=O) groups is 1. The topological polar surface area (TPSA) is 74.8 Å². The fourth-order valence-corrected chi connectivity index (χ4v) is 2.12. The first-order valence-electron chi connectivity index (χ1n) is 7.53. The van der Waals surface area contributed by atoms with Crippen LogP contribution >= 0.6 is 24.0 Å². The van der Waals surface area contributed by atoms with Gasteiger partial charge in [-0.1, -0.05) is 13.0 Å². The molecule has 0 bridgehead atoms. The third-order valence-corrected chi connectivity index (χ3v) is 3.69. The molecule has 0 saturated heterocycles. The Morgan fingerprint density at radius 3 is 2.65 bits per heavy atom. The zero-order valence-corrected chi connectivity index (χ0v) is 16.1. The Morgan fingerprint density at radius 2 is 2.04 bits per heavy atom. The van der Waals surface area contributed by atoms with Gasteiger partial charge in [-0.3, -0.25) is 9.79 Å². The van der Waals surface area contributed by atoms with Gasteiger partial charge in [0.1, 0.15) is 5.75 Å². The van der Waals surface area contributed by atoms with E-state index in [1.54, 1.807) is 32.4 Å². The number of benzene rings is 1. The maximum Gasteiger partial charge on any atom is 0.251 e. The lowest BCUT2D eigenvalue weighted by Crippen LogP contribution is -2.42. The third kappa shape index (κ3) is 6.25. The van der Waals surface area contributed by atoms with E-state index in [9.17, 15) is 4.79 Å². The van der Waals surface area contributed by atoms with E-state index in [1.807, 2.05) is 6.07 Å². The second-order valence-electron chi connectivity index (χ2n) is 5.45. The van der Waals surface area contributed by atoms with Gasteiger partial charge in [0.05, 0.1) is 7.11 Å². The molecule has 2 unspecified atom stereocenters. The fourth-order valence-electron chi connectivity index (χ4n) is 2.12. The molecule has 1 aliphatic rings. The number of amides is 1. The first kappa shape index (κ1) is 19.5. The minimum atomic E-state index is -0.112. The van der Waals surface area contributed by atoms with Crippen LogP contribution in [0, 0.1) is 5.92 Å². The lowest BCUT2D eigenvalue weighted by molar-refractivity contribution is 0.0954. The number of hydrogen-bond acceptors (Lipinski definition) is 3. The van der Waals surface area contributed by atoms with Crippen LogP contribution in [0.4, 0.5) is 0 Å². The summed E-state index contributed by atoms with van der Waals surface area (Å²) in [5.74, 6) is 2.06. The van der Waals surface area contributed by atoms with E-state index in [2.05, 4.69) is 27.9 Å². The first-order valence-corrected chi connectivity index (χ1v) is 7.53. The monoisotopic (exact) mass is 432 g/mol.